The molecule has 0 bridgehead atoms. The Labute approximate surface area is 184 Å². The summed E-state index contributed by atoms with van der Waals surface area (Å²) < 4.78 is 14.2. The average molecular weight is 433 g/mol. The zero-order valence-electron chi connectivity index (χ0n) is 16.9. The van der Waals surface area contributed by atoms with Gasteiger partial charge in [-0.25, -0.2) is 4.39 Å². The number of hydrogen-bond acceptors (Lipinski definition) is 3. The van der Waals surface area contributed by atoms with E-state index in [0.717, 1.165) is 10.5 Å². The van der Waals surface area contributed by atoms with Gasteiger partial charge in [0.1, 0.15) is 5.82 Å². The number of amides is 2. The smallest absolute Gasteiger partial charge is 0.265 e. The molecule has 3 aromatic carbocycles. The van der Waals surface area contributed by atoms with Crippen LogP contribution in [0.15, 0.2) is 94.7 Å². The summed E-state index contributed by atoms with van der Waals surface area (Å²) in [6.45, 7) is 1.98. The zero-order valence-corrected chi connectivity index (χ0v) is 17.7. The molecular formula is C25H21FN2O2S. The molecule has 0 saturated carbocycles. The van der Waals surface area contributed by atoms with Gasteiger partial charge in [0.2, 0.25) is 5.91 Å². The Hall–Kier alpha value is -3.38. The Balaban J connectivity index is 1.59. The van der Waals surface area contributed by atoms with E-state index in [9.17, 15) is 14.0 Å². The lowest BCUT2D eigenvalue weighted by atomic mass is 10.1. The molecule has 2 amide bonds. The largest absolute Gasteiger partial charge is 0.346 e. The van der Waals surface area contributed by atoms with Gasteiger partial charge in [-0.3, -0.25) is 9.59 Å². The minimum absolute atomic E-state index is 0.0858. The fourth-order valence-electron chi connectivity index (χ4n) is 3.42. The van der Waals surface area contributed by atoms with E-state index in [1.165, 1.54) is 28.8 Å². The second-order valence-electron chi connectivity index (χ2n) is 7.20. The van der Waals surface area contributed by atoms with E-state index in [1.807, 2.05) is 61.5 Å². The Morgan fingerprint density at radius 3 is 2.48 bits per heavy atom. The highest BCUT2D eigenvalue weighted by Crippen LogP contribution is 2.42. The van der Waals surface area contributed by atoms with Crippen molar-refractivity contribution in [3.05, 3.63) is 107 Å². The molecule has 0 spiro atoms. The van der Waals surface area contributed by atoms with Crippen molar-refractivity contribution >= 4 is 29.3 Å². The van der Waals surface area contributed by atoms with Crippen molar-refractivity contribution in [1.29, 1.82) is 0 Å². The van der Waals surface area contributed by atoms with Crippen LogP contribution in [-0.2, 0) is 16.1 Å². The Kier molecular flexibility index (Phi) is 6.18. The van der Waals surface area contributed by atoms with Crippen molar-refractivity contribution in [2.75, 3.05) is 4.90 Å². The maximum absolute atomic E-state index is 14.2. The SMILES string of the molecule is CC(NC(=O)/C=C1\Sc2ccccc2N(Cc2ccccc2F)C1=O)c1ccccc1. The number of anilines is 1. The highest BCUT2D eigenvalue weighted by molar-refractivity contribution is 8.04. The van der Waals surface area contributed by atoms with Crippen LogP contribution in [0.3, 0.4) is 0 Å². The van der Waals surface area contributed by atoms with Gasteiger partial charge in [0.15, 0.2) is 0 Å². The molecular weight excluding hydrogens is 411 g/mol. The molecule has 4 rings (SSSR count). The number of thioether (sulfide) groups is 1. The number of para-hydroxylation sites is 1. The van der Waals surface area contributed by atoms with Crippen LogP contribution in [-0.4, -0.2) is 11.8 Å². The minimum atomic E-state index is -0.369. The third-order valence-corrected chi connectivity index (χ3v) is 6.12. The van der Waals surface area contributed by atoms with E-state index in [-0.39, 0.29) is 30.2 Å². The van der Waals surface area contributed by atoms with Gasteiger partial charge in [0, 0.05) is 16.5 Å². The van der Waals surface area contributed by atoms with Crippen LogP contribution in [0.25, 0.3) is 0 Å². The molecule has 1 aliphatic rings. The number of halogens is 1. The number of benzene rings is 3. The van der Waals surface area contributed by atoms with Gasteiger partial charge in [-0.05, 0) is 30.7 Å². The fourth-order valence-corrected chi connectivity index (χ4v) is 4.45. The van der Waals surface area contributed by atoms with E-state index < -0.39 is 0 Å². The monoisotopic (exact) mass is 432 g/mol. The predicted molar refractivity (Wildman–Crippen MR) is 121 cm³/mol. The van der Waals surface area contributed by atoms with Gasteiger partial charge < -0.3 is 10.2 Å². The molecule has 0 saturated heterocycles. The number of carbonyl (C=O) groups is 2. The molecule has 1 unspecified atom stereocenters. The maximum Gasteiger partial charge on any atom is 0.265 e. The highest BCUT2D eigenvalue weighted by Gasteiger charge is 2.30. The molecule has 4 nitrogen and oxygen atoms in total. The lowest BCUT2D eigenvalue weighted by Crippen LogP contribution is -2.35. The first-order valence-corrected chi connectivity index (χ1v) is 10.7. The minimum Gasteiger partial charge on any atom is -0.346 e. The summed E-state index contributed by atoms with van der Waals surface area (Å²) >= 11 is 1.25. The van der Waals surface area contributed by atoms with Crippen LogP contribution in [0.4, 0.5) is 10.1 Å². The summed E-state index contributed by atoms with van der Waals surface area (Å²) in [4.78, 5) is 28.5. The van der Waals surface area contributed by atoms with E-state index in [4.69, 9.17) is 0 Å². The van der Waals surface area contributed by atoms with E-state index in [1.54, 1.807) is 18.2 Å². The molecule has 1 N–H and O–H groups in total. The molecule has 0 radical (unpaired) electrons. The number of hydrogen-bond donors (Lipinski definition) is 1. The average Bonchev–Trinajstić information content (AvgIpc) is 2.78. The summed E-state index contributed by atoms with van der Waals surface area (Å²) in [6, 6.07) is 23.2. The summed E-state index contributed by atoms with van der Waals surface area (Å²) in [6.07, 6.45) is 1.33. The number of nitrogens with zero attached hydrogens (tertiary/aromatic N) is 1. The van der Waals surface area contributed by atoms with E-state index >= 15 is 0 Å². The van der Waals surface area contributed by atoms with Gasteiger partial charge in [0.25, 0.3) is 5.91 Å². The molecule has 1 heterocycles. The normalized spacial score (nSPS) is 15.5. The summed E-state index contributed by atoms with van der Waals surface area (Å²) in [5, 5.41) is 2.90. The first kappa shape index (κ1) is 20.9. The van der Waals surface area contributed by atoms with Crippen molar-refractivity contribution in [1.82, 2.24) is 5.32 Å². The molecule has 1 atom stereocenters. The van der Waals surface area contributed by atoms with Gasteiger partial charge in [-0.1, -0.05) is 72.4 Å². The zero-order chi connectivity index (χ0) is 21.8. The summed E-state index contributed by atoms with van der Waals surface area (Å²) in [5.74, 6) is -1.04. The van der Waals surface area contributed by atoms with Crippen LogP contribution in [0.1, 0.15) is 24.1 Å². The van der Waals surface area contributed by atoms with Gasteiger partial charge in [-0.2, -0.15) is 0 Å². The Morgan fingerprint density at radius 2 is 1.71 bits per heavy atom. The molecule has 3 aromatic rings. The molecule has 0 aromatic heterocycles. The fraction of sp³-hybridized carbons (Fsp3) is 0.120. The van der Waals surface area contributed by atoms with Crippen molar-refractivity contribution in [3.63, 3.8) is 0 Å². The first-order chi connectivity index (χ1) is 15.0. The number of fused-ring (bicyclic) bond motifs is 1. The Bertz CT molecular complexity index is 1150. The quantitative estimate of drug-likeness (QED) is 0.562. The Morgan fingerprint density at radius 1 is 1.03 bits per heavy atom. The highest BCUT2D eigenvalue weighted by atomic mass is 32.2. The standard InChI is InChI=1S/C25H21FN2O2S/c1-17(18-9-3-2-4-10-18)27-24(29)15-23-25(30)28(16-19-11-5-6-12-20(19)26)21-13-7-8-14-22(21)31-23/h2-15,17H,16H2,1H3,(H,27,29)/b23-15-. The molecule has 1 aliphatic heterocycles. The molecule has 31 heavy (non-hydrogen) atoms. The van der Waals surface area contributed by atoms with E-state index in [0.29, 0.717) is 16.2 Å². The lowest BCUT2D eigenvalue weighted by Gasteiger charge is -2.30. The van der Waals surface area contributed by atoms with Gasteiger partial charge in [-0.15, -0.1) is 0 Å². The molecule has 156 valence electrons. The maximum atomic E-state index is 14.2. The third-order valence-electron chi connectivity index (χ3n) is 5.04. The van der Waals surface area contributed by atoms with Crippen molar-refractivity contribution in [2.24, 2.45) is 0 Å². The molecule has 6 heteroatoms. The molecule has 0 aliphatic carbocycles. The van der Waals surface area contributed by atoms with Crippen molar-refractivity contribution in [3.8, 4) is 0 Å². The number of nitrogens with one attached hydrogen (secondary N) is 1. The van der Waals surface area contributed by atoms with E-state index in [2.05, 4.69) is 5.32 Å². The topological polar surface area (TPSA) is 49.4 Å². The van der Waals surface area contributed by atoms with Crippen LogP contribution in [0.5, 0.6) is 0 Å². The number of carbonyl (C=O) groups excluding carboxylic acids is 2. The molecule has 0 fully saturated rings. The van der Waals surface area contributed by atoms with Crippen LogP contribution >= 0.6 is 11.8 Å². The lowest BCUT2D eigenvalue weighted by molar-refractivity contribution is -0.118. The third kappa shape index (κ3) is 4.70. The number of rotatable bonds is 5. The second-order valence-corrected chi connectivity index (χ2v) is 8.29. The van der Waals surface area contributed by atoms with Crippen LogP contribution in [0.2, 0.25) is 0 Å². The van der Waals surface area contributed by atoms with Crippen molar-refractivity contribution in [2.45, 2.75) is 24.4 Å². The first-order valence-electron chi connectivity index (χ1n) is 9.92. The van der Waals surface area contributed by atoms with Crippen LogP contribution in [0, 0.1) is 5.82 Å². The van der Waals surface area contributed by atoms with Crippen molar-refractivity contribution < 1.29 is 14.0 Å². The second kappa shape index (κ2) is 9.18. The van der Waals surface area contributed by atoms with Gasteiger partial charge >= 0.3 is 0 Å². The summed E-state index contributed by atoms with van der Waals surface area (Å²) in [5.41, 5.74) is 2.10. The van der Waals surface area contributed by atoms with Crippen LogP contribution < -0.4 is 10.2 Å². The summed E-state index contributed by atoms with van der Waals surface area (Å²) in [7, 11) is 0. The predicted octanol–water partition coefficient (Wildman–Crippen LogP) is 5.23. The van der Waals surface area contributed by atoms with Gasteiger partial charge in [0.05, 0.1) is 23.2 Å².